The molecule has 188 valence electrons. The Bertz CT molecular complexity index is 862. The van der Waals surface area contributed by atoms with E-state index in [4.69, 9.17) is 17.2 Å². The molecule has 1 rings (SSSR count). The van der Waals surface area contributed by atoms with E-state index in [1.165, 1.54) is 24.3 Å². The van der Waals surface area contributed by atoms with Crippen LogP contribution in [0.2, 0.25) is 0 Å². The molecular weight excluding hydrogens is 448 g/mol. The number of carboxylic acids is 1. The van der Waals surface area contributed by atoms with Crippen molar-refractivity contribution in [3.05, 3.63) is 29.8 Å². The van der Waals surface area contributed by atoms with Crippen LogP contribution in [0.25, 0.3) is 0 Å². The Morgan fingerprint density at radius 3 is 2.15 bits per heavy atom. The molecule has 0 saturated heterocycles. The molecule has 0 aliphatic heterocycles. The number of phenols is 1. The number of benzene rings is 1. The highest BCUT2D eigenvalue weighted by atomic mass is 16.4. The molecule has 3 unspecified atom stereocenters. The minimum atomic E-state index is -1.28. The maximum Gasteiger partial charge on any atom is 0.326 e. The maximum absolute atomic E-state index is 12.7. The van der Waals surface area contributed by atoms with Crippen molar-refractivity contribution < 1.29 is 34.2 Å². The summed E-state index contributed by atoms with van der Waals surface area (Å²) in [4.78, 5) is 59.5. The van der Waals surface area contributed by atoms with E-state index in [0.29, 0.717) is 24.9 Å². The van der Waals surface area contributed by atoms with Crippen LogP contribution < -0.4 is 33.2 Å². The Hall–Kier alpha value is -3.71. The summed E-state index contributed by atoms with van der Waals surface area (Å²) in [6.45, 7) is -0.137. The molecular formula is C21H32N6O7. The van der Waals surface area contributed by atoms with Crippen LogP contribution in [0.15, 0.2) is 24.3 Å². The lowest BCUT2D eigenvalue weighted by Crippen LogP contribution is -2.54. The van der Waals surface area contributed by atoms with Gasteiger partial charge in [-0.3, -0.25) is 19.2 Å². The van der Waals surface area contributed by atoms with Gasteiger partial charge < -0.3 is 43.4 Å². The lowest BCUT2D eigenvalue weighted by atomic mass is 10.0. The monoisotopic (exact) mass is 480 g/mol. The summed E-state index contributed by atoms with van der Waals surface area (Å²) in [5.74, 6) is -4.26. The van der Waals surface area contributed by atoms with Crippen LogP contribution in [0.1, 0.15) is 31.2 Å². The third-order valence-electron chi connectivity index (χ3n) is 4.77. The highest BCUT2D eigenvalue weighted by Gasteiger charge is 2.26. The molecule has 3 atom stereocenters. The van der Waals surface area contributed by atoms with E-state index >= 15 is 0 Å². The fraction of sp³-hybridized carbons (Fsp3) is 0.476. The molecule has 13 heteroatoms. The predicted molar refractivity (Wildman–Crippen MR) is 121 cm³/mol. The zero-order valence-corrected chi connectivity index (χ0v) is 18.7. The van der Waals surface area contributed by atoms with Gasteiger partial charge in [0, 0.05) is 6.42 Å². The molecule has 1 aromatic carbocycles. The molecule has 0 aromatic heterocycles. The summed E-state index contributed by atoms with van der Waals surface area (Å²) >= 11 is 0. The van der Waals surface area contributed by atoms with E-state index in [9.17, 15) is 34.2 Å². The molecule has 34 heavy (non-hydrogen) atoms. The standard InChI is InChI=1S/C21H32N6O7/c22-8-2-1-3-15(21(33)34)26-18(30)11-25-20(32)16(9-12-4-6-13(28)7-5-12)27-19(31)14(23)10-17(24)29/h4-7,14-16,28H,1-3,8-11,22-23H2,(H2,24,29)(H,25,32)(H,26,30)(H,27,31)(H,33,34). The normalized spacial score (nSPS) is 13.2. The number of hydrogen-bond donors (Lipinski definition) is 8. The van der Waals surface area contributed by atoms with E-state index in [0.717, 1.165) is 0 Å². The zero-order chi connectivity index (χ0) is 25.7. The second-order valence-electron chi connectivity index (χ2n) is 7.67. The number of amides is 4. The van der Waals surface area contributed by atoms with E-state index in [1.807, 2.05) is 0 Å². The second kappa shape index (κ2) is 14.4. The fourth-order valence-corrected chi connectivity index (χ4v) is 2.95. The van der Waals surface area contributed by atoms with Crippen molar-refractivity contribution in [3.63, 3.8) is 0 Å². The molecule has 0 fully saturated rings. The number of rotatable bonds is 15. The van der Waals surface area contributed by atoms with Gasteiger partial charge in [-0.25, -0.2) is 4.79 Å². The fourth-order valence-electron chi connectivity index (χ4n) is 2.95. The van der Waals surface area contributed by atoms with Gasteiger partial charge in [-0.2, -0.15) is 0 Å². The average molecular weight is 481 g/mol. The number of aromatic hydroxyl groups is 1. The summed E-state index contributed by atoms with van der Waals surface area (Å²) in [7, 11) is 0. The number of primary amides is 1. The Balaban J connectivity index is 2.80. The van der Waals surface area contributed by atoms with Gasteiger partial charge in [0.2, 0.25) is 23.6 Å². The number of unbranched alkanes of at least 4 members (excludes halogenated alkanes) is 1. The predicted octanol–water partition coefficient (Wildman–Crippen LogP) is -2.56. The maximum atomic E-state index is 12.7. The number of nitrogens with one attached hydrogen (secondary N) is 3. The molecule has 13 nitrogen and oxygen atoms in total. The number of hydrogen-bond acceptors (Lipinski definition) is 8. The highest BCUT2D eigenvalue weighted by Crippen LogP contribution is 2.11. The van der Waals surface area contributed by atoms with E-state index in [-0.39, 0.29) is 18.6 Å². The van der Waals surface area contributed by atoms with Gasteiger partial charge in [0.05, 0.1) is 19.0 Å². The summed E-state index contributed by atoms with van der Waals surface area (Å²) in [6, 6.07) is 2.29. The van der Waals surface area contributed by atoms with E-state index < -0.39 is 60.7 Å². The van der Waals surface area contributed by atoms with Crippen LogP contribution in [-0.2, 0) is 30.4 Å². The number of carboxylic acid groups (broad SMARTS) is 1. The molecule has 4 amide bonds. The number of nitrogens with two attached hydrogens (primary N) is 3. The van der Waals surface area contributed by atoms with Crippen LogP contribution in [0.4, 0.5) is 0 Å². The van der Waals surface area contributed by atoms with Crippen molar-refractivity contribution in [2.45, 2.75) is 50.2 Å². The lowest BCUT2D eigenvalue weighted by Gasteiger charge is -2.21. The minimum absolute atomic E-state index is 0.00776. The van der Waals surface area contributed by atoms with Crippen molar-refractivity contribution in [1.82, 2.24) is 16.0 Å². The van der Waals surface area contributed by atoms with Crippen molar-refractivity contribution >= 4 is 29.6 Å². The molecule has 1 aromatic rings. The third kappa shape index (κ3) is 10.7. The first-order valence-corrected chi connectivity index (χ1v) is 10.7. The SMILES string of the molecule is NCCCCC(NC(=O)CNC(=O)C(Cc1ccc(O)cc1)NC(=O)C(N)CC(N)=O)C(=O)O. The third-order valence-corrected chi connectivity index (χ3v) is 4.77. The van der Waals surface area contributed by atoms with E-state index in [2.05, 4.69) is 16.0 Å². The first kappa shape index (κ1) is 28.3. The Labute approximate surface area is 196 Å². The number of phenolic OH excluding ortho intramolecular Hbond substituents is 1. The van der Waals surface area contributed by atoms with Gasteiger partial charge in [-0.1, -0.05) is 12.1 Å². The van der Waals surface area contributed by atoms with Gasteiger partial charge in [-0.05, 0) is 43.5 Å². The molecule has 0 saturated carbocycles. The summed E-state index contributed by atoms with van der Waals surface area (Å²) in [5.41, 5.74) is 16.6. The number of carbonyl (C=O) groups is 5. The molecule has 0 spiro atoms. The summed E-state index contributed by atoms with van der Waals surface area (Å²) in [5, 5.41) is 25.8. The van der Waals surface area contributed by atoms with Gasteiger partial charge >= 0.3 is 5.97 Å². The van der Waals surface area contributed by atoms with Crippen LogP contribution in [-0.4, -0.2) is 71.0 Å². The summed E-state index contributed by atoms with van der Waals surface area (Å²) in [6.07, 6.45) is 0.852. The highest BCUT2D eigenvalue weighted by molar-refractivity contribution is 5.94. The van der Waals surface area contributed by atoms with Crippen molar-refractivity contribution in [1.29, 1.82) is 0 Å². The summed E-state index contributed by atoms with van der Waals surface area (Å²) < 4.78 is 0. The largest absolute Gasteiger partial charge is 0.508 e. The molecule has 0 aliphatic carbocycles. The number of aliphatic carboxylic acids is 1. The molecule has 0 aliphatic rings. The Morgan fingerprint density at radius 1 is 0.941 bits per heavy atom. The second-order valence-corrected chi connectivity index (χ2v) is 7.67. The van der Waals surface area contributed by atoms with Crippen molar-refractivity contribution in [2.75, 3.05) is 13.1 Å². The first-order chi connectivity index (χ1) is 16.0. The zero-order valence-electron chi connectivity index (χ0n) is 18.7. The molecule has 0 bridgehead atoms. The number of carbonyl (C=O) groups excluding carboxylic acids is 4. The lowest BCUT2D eigenvalue weighted by molar-refractivity contribution is -0.142. The first-order valence-electron chi connectivity index (χ1n) is 10.7. The van der Waals surface area contributed by atoms with Crippen molar-refractivity contribution in [2.24, 2.45) is 17.2 Å². The van der Waals surface area contributed by atoms with Crippen LogP contribution in [0.5, 0.6) is 5.75 Å². The smallest absolute Gasteiger partial charge is 0.326 e. The van der Waals surface area contributed by atoms with Gasteiger partial charge in [0.15, 0.2) is 0 Å². The molecule has 11 N–H and O–H groups in total. The van der Waals surface area contributed by atoms with Crippen LogP contribution in [0.3, 0.4) is 0 Å². The van der Waals surface area contributed by atoms with Crippen LogP contribution >= 0.6 is 0 Å². The quantitative estimate of drug-likeness (QED) is 0.123. The Kier molecular flexibility index (Phi) is 12.0. The van der Waals surface area contributed by atoms with E-state index in [1.54, 1.807) is 0 Å². The van der Waals surface area contributed by atoms with Crippen LogP contribution in [0, 0.1) is 0 Å². The molecule has 0 radical (unpaired) electrons. The van der Waals surface area contributed by atoms with Crippen molar-refractivity contribution in [3.8, 4) is 5.75 Å². The topological polar surface area (TPSA) is 240 Å². The minimum Gasteiger partial charge on any atom is -0.508 e. The van der Waals surface area contributed by atoms with Gasteiger partial charge in [0.25, 0.3) is 0 Å². The average Bonchev–Trinajstić information content (AvgIpc) is 2.77. The molecule has 0 heterocycles. The van der Waals surface area contributed by atoms with Gasteiger partial charge in [-0.15, -0.1) is 0 Å². The van der Waals surface area contributed by atoms with Gasteiger partial charge in [0.1, 0.15) is 17.8 Å². The Morgan fingerprint density at radius 2 is 1.59 bits per heavy atom.